The zero-order valence-electron chi connectivity index (χ0n) is 22.8. The van der Waals surface area contributed by atoms with Crippen molar-refractivity contribution in [3.63, 3.8) is 0 Å². The lowest BCUT2D eigenvalue weighted by molar-refractivity contribution is -0.137. The molecule has 4 rings (SSSR count). The lowest BCUT2D eigenvalue weighted by Gasteiger charge is -2.15. The number of pyridine rings is 1. The predicted molar refractivity (Wildman–Crippen MR) is 157 cm³/mol. The van der Waals surface area contributed by atoms with E-state index >= 15 is 0 Å². The number of benzene rings is 3. The minimum Gasteiger partial charge on any atom is -0.492 e. The lowest BCUT2D eigenvalue weighted by atomic mass is 9.97. The van der Waals surface area contributed by atoms with Gasteiger partial charge in [0, 0.05) is 17.4 Å². The average Bonchev–Trinajstić information content (AvgIpc) is 2.92. The number of aromatic nitrogens is 1. The summed E-state index contributed by atoms with van der Waals surface area (Å²) in [6.45, 7) is 6.41. The van der Waals surface area contributed by atoms with Gasteiger partial charge in [-0.15, -0.1) is 0 Å². The molecule has 8 nitrogen and oxygen atoms in total. The molecule has 3 N–H and O–H groups in total. The highest BCUT2D eigenvalue weighted by Gasteiger charge is 2.14. The van der Waals surface area contributed by atoms with Crippen LogP contribution in [0.4, 0.5) is 16.2 Å². The minimum atomic E-state index is -0.832. The Kier molecular flexibility index (Phi) is 9.01. The van der Waals surface area contributed by atoms with Crippen LogP contribution >= 0.6 is 0 Å². The van der Waals surface area contributed by atoms with Crippen molar-refractivity contribution in [1.29, 1.82) is 0 Å². The maximum absolute atomic E-state index is 13.4. The van der Waals surface area contributed by atoms with Crippen LogP contribution in [0, 0.1) is 6.92 Å². The van der Waals surface area contributed by atoms with Gasteiger partial charge in [-0.05, 0) is 72.4 Å². The Morgan fingerprint density at radius 1 is 0.950 bits per heavy atom. The lowest BCUT2D eigenvalue weighted by Crippen LogP contribution is -2.22. The Morgan fingerprint density at radius 2 is 1.68 bits per heavy atom. The number of aliphatic carboxylic acids is 1. The fourth-order valence-corrected chi connectivity index (χ4v) is 4.47. The van der Waals surface area contributed by atoms with Gasteiger partial charge in [0.15, 0.2) is 0 Å². The molecule has 4 aromatic rings. The first-order valence-corrected chi connectivity index (χ1v) is 13.2. The largest absolute Gasteiger partial charge is 0.492 e. The summed E-state index contributed by atoms with van der Waals surface area (Å²) < 4.78 is 7.44. The van der Waals surface area contributed by atoms with Crippen molar-refractivity contribution in [3.8, 4) is 16.9 Å². The zero-order chi connectivity index (χ0) is 28.6. The maximum atomic E-state index is 13.4. The molecule has 0 aliphatic rings. The first-order chi connectivity index (χ1) is 19.2. The van der Waals surface area contributed by atoms with Gasteiger partial charge < -0.3 is 25.0 Å². The van der Waals surface area contributed by atoms with E-state index in [9.17, 15) is 14.4 Å². The Labute approximate surface area is 233 Å². The second-order valence-electron chi connectivity index (χ2n) is 9.63. The number of carboxylic acid groups (broad SMARTS) is 1. The van der Waals surface area contributed by atoms with Crippen LogP contribution in [-0.4, -0.2) is 28.3 Å². The smallest absolute Gasteiger partial charge is 0.323 e. The SMILES string of the molecule is CCOc1cc(-c2cccn(Cc3ccc([C@@H](C)CC(=O)O)cc3)c2=O)ccc1NC(=O)Nc1ccccc1C. The Bertz CT molecular complexity index is 1560. The van der Waals surface area contributed by atoms with Crippen molar-refractivity contribution in [2.45, 2.75) is 39.7 Å². The number of carboxylic acids is 1. The van der Waals surface area contributed by atoms with Gasteiger partial charge in [-0.3, -0.25) is 9.59 Å². The first-order valence-electron chi connectivity index (χ1n) is 13.2. The van der Waals surface area contributed by atoms with Crippen molar-refractivity contribution < 1.29 is 19.4 Å². The maximum Gasteiger partial charge on any atom is 0.323 e. The third kappa shape index (κ3) is 6.96. The van der Waals surface area contributed by atoms with Crippen LogP contribution in [0.5, 0.6) is 5.75 Å². The molecule has 0 spiro atoms. The van der Waals surface area contributed by atoms with E-state index < -0.39 is 12.0 Å². The molecule has 40 heavy (non-hydrogen) atoms. The van der Waals surface area contributed by atoms with Crippen LogP contribution in [0.15, 0.2) is 89.9 Å². The van der Waals surface area contributed by atoms with E-state index in [1.54, 1.807) is 35.0 Å². The van der Waals surface area contributed by atoms with E-state index in [0.717, 1.165) is 16.7 Å². The quantitative estimate of drug-likeness (QED) is 0.213. The van der Waals surface area contributed by atoms with Crippen molar-refractivity contribution in [2.75, 3.05) is 17.2 Å². The van der Waals surface area contributed by atoms with E-state index in [0.29, 0.717) is 41.4 Å². The van der Waals surface area contributed by atoms with E-state index in [4.69, 9.17) is 9.84 Å². The first kappa shape index (κ1) is 28.2. The zero-order valence-corrected chi connectivity index (χ0v) is 22.8. The molecule has 1 heterocycles. The van der Waals surface area contributed by atoms with E-state index in [2.05, 4.69) is 10.6 Å². The van der Waals surface area contributed by atoms with Crippen LogP contribution in [0.3, 0.4) is 0 Å². The van der Waals surface area contributed by atoms with Crippen LogP contribution in [0.25, 0.3) is 11.1 Å². The highest BCUT2D eigenvalue weighted by atomic mass is 16.5. The van der Waals surface area contributed by atoms with Gasteiger partial charge in [-0.2, -0.15) is 0 Å². The monoisotopic (exact) mass is 539 g/mol. The Balaban J connectivity index is 1.53. The highest BCUT2D eigenvalue weighted by Crippen LogP contribution is 2.30. The summed E-state index contributed by atoms with van der Waals surface area (Å²) in [6, 6.07) is 23.6. The van der Waals surface area contributed by atoms with Crippen molar-refractivity contribution in [2.24, 2.45) is 0 Å². The summed E-state index contributed by atoms with van der Waals surface area (Å²) in [6.07, 6.45) is 1.80. The molecule has 2 amide bonds. The van der Waals surface area contributed by atoms with Gasteiger partial charge >= 0.3 is 12.0 Å². The molecule has 0 aliphatic carbocycles. The number of urea groups is 1. The van der Waals surface area contributed by atoms with E-state index in [-0.39, 0.29) is 17.9 Å². The van der Waals surface area contributed by atoms with Crippen LogP contribution in [0.1, 0.15) is 42.9 Å². The summed E-state index contributed by atoms with van der Waals surface area (Å²) in [5, 5.41) is 14.7. The molecule has 1 atom stereocenters. The van der Waals surface area contributed by atoms with Crippen LogP contribution in [-0.2, 0) is 11.3 Å². The Morgan fingerprint density at radius 3 is 2.38 bits per heavy atom. The summed E-state index contributed by atoms with van der Waals surface area (Å²) in [5.74, 6) is -0.467. The van der Waals surface area contributed by atoms with E-state index in [1.807, 2.05) is 75.4 Å². The van der Waals surface area contributed by atoms with Gasteiger partial charge in [0.05, 0.1) is 25.3 Å². The van der Waals surface area contributed by atoms with Gasteiger partial charge in [0.25, 0.3) is 5.56 Å². The number of amides is 2. The number of carbonyl (C=O) groups is 2. The molecule has 0 saturated carbocycles. The fraction of sp³-hybridized carbons (Fsp3) is 0.219. The number of ether oxygens (including phenoxy) is 1. The third-order valence-electron chi connectivity index (χ3n) is 6.64. The molecule has 0 radical (unpaired) electrons. The number of para-hydroxylation sites is 1. The summed E-state index contributed by atoms with van der Waals surface area (Å²) in [5.41, 5.74) is 5.04. The molecular weight excluding hydrogens is 506 g/mol. The number of nitrogens with zero attached hydrogens (tertiary/aromatic N) is 1. The van der Waals surface area contributed by atoms with Crippen molar-refractivity contribution in [1.82, 2.24) is 4.57 Å². The fourth-order valence-electron chi connectivity index (χ4n) is 4.47. The van der Waals surface area contributed by atoms with Crippen LogP contribution in [0.2, 0.25) is 0 Å². The minimum absolute atomic E-state index is 0.0657. The standard InChI is InChI=1S/C32H33N3O5/c1-4-40-29-19-25(15-16-28(29)34-32(39)33-27-10-6-5-8-21(27)2)26-9-7-17-35(31(26)38)20-23-11-13-24(14-12-23)22(3)18-30(36)37/h5-17,19,22H,4,18,20H2,1-3H3,(H,36,37)(H2,33,34,39)/t22-/m0/s1. The molecule has 0 fully saturated rings. The second kappa shape index (κ2) is 12.8. The molecule has 8 heteroatoms. The summed E-state index contributed by atoms with van der Waals surface area (Å²) >= 11 is 0. The normalized spacial score (nSPS) is 11.5. The van der Waals surface area contributed by atoms with Crippen molar-refractivity contribution in [3.05, 3.63) is 112 Å². The molecule has 3 aromatic carbocycles. The predicted octanol–water partition coefficient (Wildman–Crippen LogP) is 6.49. The second-order valence-corrected chi connectivity index (χ2v) is 9.63. The number of anilines is 2. The number of nitrogens with one attached hydrogen (secondary N) is 2. The summed E-state index contributed by atoms with van der Waals surface area (Å²) in [4.78, 5) is 37.1. The molecule has 1 aromatic heterocycles. The number of rotatable bonds is 10. The number of hydrogen-bond donors (Lipinski definition) is 3. The molecule has 0 aliphatic heterocycles. The molecule has 0 saturated heterocycles. The molecule has 0 unspecified atom stereocenters. The topological polar surface area (TPSA) is 110 Å². The Hall–Kier alpha value is -4.85. The number of aryl methyl sites for hydroxylation is 1. The number of hydrogen-bond acceptors (Lipinski definition) is 4. The summed E-state index contributed by atoms with van der Waals surface area (Å²) in [7, 11) is 0. The molecular formula is C32H33N3O5. The van der Waals surface area contributed by atoms with Gasteiger partial charge in [-0.25, -0.2) is 4.79 Å². The molecule has 206 valence electrons. The van der Waals surface area contributed by atoms with Gasteiger partial charge in [0.2, 0.25) is 0 Å². The van der Waals surface area contributed by atoms with Gasteiger partial charge in [0.1, 0.15) is 5.75 Å². The van der Waals surface area contributed by atoms with Crippen molar-refractivity contribution >= 4 is 23.4 Å². The van der Waals surface area contributed by atoms with Crippen LogP contribution < -0.4 is 20.9 Å². The third-order valence-corrected chi connectivity index (χ3v) is 6.64. The van der Waals surface area contributed by atoms with Gasteiger partial charge in [-0.1, -0.05) is 55.5 Å². The average molecular weight is 540 g/mol. The molecule has 0 bridgehead atoms. The highest BCUT2D eigenvalue weighted by molar-refractivity contribution is 6.01. The van der Waals surface area contributed by atoms with E-state index in [1.165, 1.54) is 0 Å². The number of carbonyl (C=O) groups excluding carboxylic acids is 1.